The first-order valence-electron chi connectivity index (χ1n) is 4.78. The molecule has 0 N–H and O–H groups in total. The Hall–Kier alpha value is -1.37. The van der Waals surface area contributed by atoms with Gasteiger partial charge in [-0.3, -0.25) is 4.79 Å². The standard InChI is InChI=1S/C13H16O/c1-9-6-5-7-10(2)13(9)8-11(3)12(4)14/h5-8H,1-4H3/b11-8+. The highest BCUT2D eigenvalue weighted by atomic mass is 16.1. The Labute approximate surface area is 85.5 Å². The molecule has 0 saturated heterocycles. The van der Waals surface area contributed by atoms with Crippen LogP contribution in [0, 0.1) is 13.8 Å². The third-order valence-electron chi connectivity index (χ3n) is 2.46. The van der Waals surface area contributed by atoms with Crippen molar-refractivity contribution in [2.45, 2.75) is 27.7 Å². The first-order chi connectivity index (χ1) is 6.52. The Morgan fingerprint density at radius 3 is 2.07 bits per heavy atom. The minimum atomic E-state index is 0.132. The van der Waals surface area contributed by atoms with Crippen LogP contribution in [0.1, 0.15) is 30.5 Å². The highest BCUT2D eigenvalue weighted by Gasteiger charge is 2.01. The lowest BCUT2D eigenvalue weighted by Gasteiger charge is -2.05. The molecule has 0 aliphatic heterocycles. The highest BCUT2D eigenvalue weighted by Crippen LogP contribution is 2.17. The normalized spacial score (nSPS) is 11.6. The van der Waals surface area contributed by atoms with Gasteiger partial charge in [-0.05, 0) is 56.0 Å². The molecule has 0 aromatic heterocycles. The zero-order chi connectivity index (χ0) is 10.7. The van der Waals surface area contributed by atoms with Crippen molar-refractivity contribution in [2.24, 2.45) is 0 Å². The molecule has 0 radical (unpaired) electrons. The average molecular weight is 188 g/mol. The molecule has 0 fully saturated rings. The van der Waals surface area contributed by atoms with Crippen LogP contribution in [0.5, 0.6) is 0 Å². The smallest absolute Gasteiger partial charge is 0.155 e. The van der Waals surface area contributed by atoms with E-state index >= 15 is 0 Å². The molecule has 0 unspecified atom stereocenters. The van der Waals surface area contributed by atoms with Gasteiger partial charge in [0.25, 0.3) is 0 Å². The summed E-state index contributed by atoms with van der Waals surface area (Å²) in [7, 11) is 0. The summed E-state index contributed by atoms with van der Waals surface area (Å²) in [6.45, 7) is 7.58. The van der Waals surface area contributed by atoms with E-state index < -0.39 is 0 Å². The zero-order valence-corrected chi connectivity index (χ0v) is 9.22. The molecule has 0 amide bonds. The number of ketones is 1. The van der Waals surface area contributed by atoms with E-state index in [1.54, 1.807) is 6.92 Å². The summed E-state index contributed by atoms with van der Waals surface area (Å²) < 4.78 is 0. The van der Waals surface area contributed by atoms with E-state index in [0.717, 1.165) is 5.57 Å². The van der Waals surface area contributed by atoms with Crippen molar-refractivity contribution in [2.75, 3.05) is 0 Å². The summed E-state index contributed by atoms with van der Waals surface area (Å²) in [5.74, 6) is 0.132. The Kier molecular flexibility index (Phi) is 3.23. The molecule has 0 aliphatic rings. The van der Waals surface area contributed by atoms with Gasteiger partial charge in [0.05, 0.1) is 0 Å². The summed E-state index contributed by atoms with van der Waals surface area (Å²) in [4.78, 5) is 11.1. The molecule has 1 heteroatoms. The molecule has 0 spiro atoms. The van der Waals surface area contributed by atoms with E-state index in [1.165, 1.54) is 16.7 Å². The van der Waals surface area contributed by atoms with Crippen LogP contribution in [0.25, 0.3) is 6.08 Å². The molecule has 0 atom stereocenters. The fourth-order valence-electron chi connectivity index (χ4n) is 1.37. The van der Waals surface area contributed by atoms with Gasteiger partial charge < -0.3 is 0 Å². The van der Waals surface area contributed by atoms with Gasteiger partial charge in [0.2, 0.25) is 0 Å². The number of hydrogen-bond donors (Lipinski definition) is 0. The van der Waals surface area contributed by atoms with Gasteiger partial charge in [0.1, 0.15) is 0 Å². The number of aryl methyl sites for hydroxylation is 2. The molecular formula is C13H16O. The summed E-state index contributed by atoms with van der Waals surface area (Å²) >= 11 is 0. The van der Waals surface area contributed by atoms with E-state index in [1.807, 2.05) is 19.1 Å². The van der Waals surface area contributed by atoms with E-state index in [2.05, 4.69) is 26.0 Å². The number of hydrogen-bond acceptors (Lipinski definition) is 1. The average Bonchev–Trinajstić information content (AvgIpc) is 2.11. The maximum absolute atomic E-state index is 11.1. The van der Waals surface area contributed by atoms with Gasteiger partial charge in [0, 0.05) is 0 Å². The Morgan fingerprint density at radius 2 is 1.64 bits per heavy atom. The molecule has 0 aliphatic carbocycles. The second kappa shape index (κ2) is 4.23. The number of benzene rings is 1. The van der Waals surface area contributed by atoms with Crippen LogP contribution in [-0.2, 0) is 4.79 Å². The van der Waals surface area contributed by atoms with Crippen LogP contribution in [0.3, 0.4) is 0 Å². The largest absolute Gasteiger partial charge is 0.295 e. The van der Waals surface area contributed by atoms with Crippen LogP contribution < -0.4 is 0 Å². The minimum Gasteiger partial charge on any atom is -0.295 e. The molecule has 1 nitrogen and oxygen atoms in total. The second-order valence-corrected chi connectivity index (χ2v) is 3.69. The Morgan fingerprint density at radius 1 is 1.14 bits per heavy atom. The van der Waals surface area contributed by atoms with Crippen LogP contribution in [-0.4, -0.2) is 5.78 Å². The van der Waals surface area contributed by atoms with Gasteiger partial charge in [-0.25, -0.2) is 0 Å². The van der Waals surface area contributed by atoms with Crippen molar-refractivity contribution in [3.8, 4) is 0 Å². The summed E-state index contributed by atoms with van der Waals surface area (Å²) in [6.07, 6.45) is 1.97. The molecule has 1 aromatic carbocycles. The van der Waals surface area contributed by atoms with Gasteiger partial charge >= 0.3 is 0 Å². The zero-order valence-electron chi connectivity index (χ0n) is 9.22. The lowest BCUT2D eigenvalue weighted by molar-refractivity contribution is -0.113. The monoisotopic (exact) mass is 188 g/mol. The number of Topliss-reactive ketones (excluding diaryl/α,β-unsaturated/α-hetero) is 1. The Balaban J connectivity index is 3.20. The lowest BCUT2D eigenvalue weighted by Crippen LogP contribution is -1.93. The topological polar surface area (TPSA) is 17.1 Å². The van der Waals surface area contributed by atoms with Crippen LogP contribution in [0.2, 0.25) is 0 Å². The maximum atomic E-state index is 11.1. The highest BCUT2D eigenvalue weighted by molar-refractivity contribution is 5.97. The summed E-state index contributed by atoms with van der Waals surface area (Å²) in [5, 5.41) is 0. The van der Waals surface area contributed by atoms with Crippen LogP contribution in [0.15, 0.2) is 23.8 Å². The first-order valence-corrected chi connectivity index (χ1v) is 4.78. The van der Waals surface area contributed by atoms with Gasteiger partial charge in [-0.15, -0.1) is 0 Å². The number of carbonyl (C=O) groups excluding carboxylic acids is 1. The lowest BCUT2D eigenvalue weighted by atomic mass is 10.00. The van der Waals surface area contributed by atoms with Crippen molar-refractivity contribution in [3.63, 3.8) is 0 Å². The summed E-state index contributed by atoms with van der Waals surface area (Å²) in [5.41, 5.74) is 4.40. The van der Waals surface area contributed by atoms with Crippen molar-refractivity contribution in [1.29, 1.82) is 0 Å². The van der Waals surface area contributed by atoms with Gasteiger partial charge in [-0.1, -0.05) is 18.2 Å². The first kappa shape index (κ1) is 10.7. The number of carbonyl (C=O) groups is 1. The molecule has 1 aromatic rings. The predicted octanol–water partition coefficient (Wildman–Crippen LogP) is 3.30. The van der Waals surface area contributed by atoms with E-state index in [4.69, 9.17) is 0 Å². The maximum Gasteiger partial charge on any atom is 0.155 e. The third-order valence-corrected chi connectivity index (χ3v) is 2.46. The predicted molar refractivity (Wildman–Crippen MR) is 60.2 cm³/mol. The minimum absolute atomic E-state index is 0.132. The van der Waals surface area contributed by atoms with Crippen molar-refractivity contribution in [3.05, 3.63) is 40.5 Å². The molecule has 0 bridgehead atoms. The molecule has 0 saturated carbocycles. The van der Waals surface area contributed by atoms with E-state index in [0.29, 0.717) is 0 Å². The number of rotatable bonds is 2. The van der Waals surface area contributed by atoms with Crippen molar-refractivity contribution in [1.82, 2.24) is 0 Å². The molecule has 1 rings (SSSR count). The molecular weight excluding hydrogens is 172 g/mol. The van der Waals surface area contributed by atoms with Crippen LogP contribution >= 0.6 is 0 Å². The van der Waals surface area contributed by atoms with Crippen molar-refractivity contribution < 1.29 is 4.79 Å². The fourth-order valence-corrected chi connectivity index (χ4v) is 1.37. The van der Waals surface area contributed by atoms with Crippen LogP contribution in [0.4, 0.5) is 0 Å². The van der Waals surface area contributed by atoms with Crippen molar-refractivity contribution >= 4 is 11.9 Å². The second-order valence-electron chi connectivity index (χ2n) is 3.69. The Bertz CT molecular complexity index is 366. The van der Waals surface area contributed by atoms with E-state index in [9.17, 15) is 4.79 Å². The fraction of sp³-hybridized carbons (Fsp3) is 0.308. The third kappa shape index (κ3) is 2.32. The van der Waals surface area contributed by atoms with E-state index in [-0.39, 0.29) is 5.78 Å². The van der Waals surface area contributed by atoms with Gasteiger partial charge in [0.15, 0.2) is 5.78 Å². The summed E-state index contributed by atoms with van der Waals surface area (Å²) in [6, 6.07) is 6.16. The van der Waals surface area contributed by atoms with Gasteiger partial charge in [-0.2, -0.15) is 0 Å². The quantitative estimate of drug-likeness (QED) is 0.651. The number of allylic oxidation sites excluding steroid dienone is 1. The SMILES string of the molecule is CC(=O)/C(C)=C/c1c(C)cccc1C. The molecule has 14 heavy (non-hydrogen) atoms. The molecule has 0 heterocycles. The molecule has 74 valence electrons.